The van der Waals surface area contributed by atoms with E-state index in [0.29, 0.717) is 23.9 Å². The van der Waals surface area contributed by atoms with Gasteiger partial charge < -0.3 is 10.3 Å². The fourth-order valence-electron chi connectivity index (χ4n) is 2.42. The molecule has 1 amide bonds. The Hall–Kier alpha value is -2.37. The van der Waals surface area contributed by atoms with Gasteiger partial charge in [-0.05, 0) is 12.1 Å². The van der Waals surface area contributed by atoms with Crippen LogP contribution in [-0.4, -0.2) is 22.0 Å². The van der Waals surface area contributed by atoms with Crippen LogP contribution in [-0.2, 0) is 11.3 Å². The normalized spacial score (nSPS) is 18.7. The number of aromatic amines is 1. The molecule has 0 radical (unpaired) electrons. The van der Waals surface area contributed by atoms with Crippen molar-refractivity contribution in [2.45, 2.75) is 13.0 Å². The van der Waals surface area contributed by atoms with E-state index in [4.69, 9.17) is 0 Å². The fraction of sp³-hybridized carbons (Fsp3) is 0.308. The summed E-state index contributed by atoms with van der Waals surface area (Å²) in [5.74, 6) is -0.0391. The molecule has 2 aromatic rings. The van der Waals surface area contributed by atoms with E-state index in [1.165, 1.54) is 4.57 Å². The lowest BCUT2D eigenvalue weighted by Gasteiger charge is -2.10. The topological polar surface area (TPSA) is 84.0 Å². The van der Waals surface area contributed by atoms with Gasteiger partial charge in [0.15, 0.2) is 0 Å². The van der Waals surface area contributed by atoms with Crippen LogP contribution in [0.2, 0.25) is 0 Å². The molecule has 0 spiro atoms. The van der Waals surface area contributed by atoms with Gasteiger partial charge in [-0.25, -0.2) is 4.79 Å². The van der Waals surface area contributed by atoms with Crippen LogP contribution < -0.4 is 16.6 Å². The van der Waals surface area contributed by atoms with Crippen LogP contribution >= 0.6 is 0 Å². The van der Waals surface area contributed by atoms with Crippen molar-refractivity contribution < 1.29 is 4.79 Å². The zero-order valence-corrected chi connectivity index (χ0v) is 10.2. The molecule has 1 unspecified atom stereocenters. The molecule has 0 aliphatic carbocycles. The molecule has 1 aliphatic rings. The van der Waals surface area contributed by atoms with Gasteiger partial charge in [-0.3, -0.25) is 14.2 Å². The van der Waals surface area contributed by atoms with E-state index in [9.17, 15) is 14.4 Å². The molecule has 6 nitrogen and oxygen atoms in total. The minimum Gasteiger partial charge on any atom is -0.356 e. The van der Waals surface area contributed by atoms with Gasteiger partial charge in [0.25, 0.3) is 5.56 Å². The largest absolute Gasteiger partial charge is 0.356 e. The summed E-state index contributed by atoms with van der Waals surface area (Å²) in [4.78, 5) is 38.0. The number of amides is 1. The Bertz CT molecular complexity index is 760. The average molecular weight is 259 g/mol. The van der Waals surface area contributed by atoms with Crippen LogP contribution in [0.3, 0.4) is 0 Å². The zero-order valence-electron chi connectivity index (χ0n) is 10.2. The molecule has 2 heterocycles. The molecular weight excluding hydrogens is 246 g/mol. The van der Waals surface area contributed by atoms with E-state index < -0.39 is 5.69 Å². The summed E-state index contributed by atoms with van der Waals surface area (Å²) < 4.78 is 1.17. The Morgan fingerprint density at radius 1 is 1.21 bits per heavy atom. The van der Waals surface area contributed by atoms with E-state index in [2.05, 4.69) is 10.3 Å². The lowest BCUT2D eigenvalue weighted by atomic mass is 10.1. The van der Waals surface area contributed by atoms with Gasteiger partial charge in [0.2, 0.25) is 5.91 Å². The van der Waals surface area contributed by atoms with Crippen molar-refractivity contribution in [1.82, 2.24) is 14.9 Å². The number of H-pyrrole nitrogens is 1. The van der Waals surface area contributed by atoms with Crippen molar-refractivity contribution in [2.75, 3.05) is 6.54 Å². The summed E-state index contributed by atoms with van der Waals surface area (Å²) in [5, 5.41) is 3.18. The highest BCUT2D eigenvalue weighted by molar-refractivity contribution is 5.78. The number of para-hydroxylation sites is 1. The van der Waals surface area contributed by atoms with E-state index in [1.807, 2.05) is 0 Å². The molecule has 98 valence electrons. The Morgan fingerprint density at radius 2 is 2.00 bits per heavy atom. The van der Waals surface area contributed by atoms with Gasteiger partial charge in [-0.15, -0.1) is 0 Å². The second kappa shape index (κ2) is 4.38. The Balaban J connectivity index is 2.06. The first-order valence-electron chi connectivity index (χ1n) is 6.14. The molecule has 1 aromatic heterocycles. The Kier molecular flexibility index (Phi) is 2.70. The third kappa shape index (κ3) is 2.05. The minimum atomic E-state index is -0.428. The SMILES string of the molecule is O=C1CC(Cn2c(=O)[nH]c3ccccc3c2=O)CN1. The van der Waals surface area contributed by atoms with Gasteiger partial charge >= 0.3 is 5.69 Å². The first kappa shape index (κ1) is 11.7. The predicted octanol–water partition coefficient (Wildman–Crippen LogP) is -0.174. The summed E-state index contributed by atoms with van der Waals surface area (Å²) in [6, 6.07) is 6.90. The molecule has 0 bridgehead atoms. The molecule has 3 rings (SSSR count). The van der Waals surface area contributed by atoms with Gasteiger partial charge in [0, 0.05) is 25.4 Å². The highest BCUT2D eigenvalue weighted by Gasteiger charge is 2.23. The van der Waals surface area contributed by atoms with Gasteiger partial charge in [-0.2, -0.15) is 0 Å². The second-order valence-corrected chi connectivity index (χ2v) is 4.77. The number of nitrogens with zero attached hydrogens (tertiary/aromatic N) is 1. The number of carbonyl (C=O) groups excluding carboxylic acids is 1. The summed E-state index contributed by atoms with van der Waals surface area (Å²) >= 11 is 0. The van der Waals surface area contributed by atoms with Crippen molar-refractivity contribution >= 4 is 16.8 Å². The van der Waals surface area contributed by atoms with E-state index in [1.54, 1.807) is 24.3 Å². The molecule has 1 aliphatic heterocycles. The number of carbonyl (C=O) groups is 1. The molecule has 0 saturated carbocycles. The molecule has 1 fully saturated rings. The molecule has 1 saturated heterocycles. The number of hydrogen-bond donors (Lipinski definition) is 2. The lowest BCUT2D eigenvalue weighted by Crippen LogP contribution is -2.37. The lowest BCUT2D eigenvalue weighted by molar-refractivity contribution is -0.119. The van der Waals surface area contributed by atoms with Crippen molar-refractivity contribution in [3.05, 3.63) is 45.1 Å². The van der Waals surface area contributed by atoms with Gasteiger partial charge in [0.1, 0.15) is 0 Å². The maximum atomic E-state index is 12.3. The fourth-order valence-corrected chi connectivity index (χ4v) is 2.42. The van der Waals surface area contributed by atoms with Crippen molar-refractivity contribution in [3.63, 3.8) is 0 Å². The standard InChI is InChI=1S/C13H13N3O3/c17-11-5-8(6-14-11)7-16-12(18)9-3-1-2-4-10(9)15-13(16)19/h1-4,8H,5-7H2,(H,14,17)(H,15,19). The maximum Gasteiger partial charge on any atom is 0.328 e. The number of nitrogens with one attached hydrogen (secondary N) is 2. The number of rotatable bonds is 2. The molecule has 2 N–H and O–H groups in total. The van der Waals surface area contributed by atoms with Crippen LogP contribution in [0, 0.1) is 5.92 Å². The summed E-state index contributed by atoms with van der Waals surface area (Å²) in [7, 11) is 0. The monoisotopic (exact) mass is 259 g/mol. The highest BCUT2D eigenvalue weighted by atomic mass is 16.2. The van der Waals surface area contributed by atoms with Crippen LogP contribution in [0.5, 0.6) is 0 Å². The Labute approximate surface area is 108 Å². The van der Waals surface area contributed by atoms with Crippen molar-refractivity contribution in [2.24, 2.45) is 5.92 Å². The summed E-state index contributed by atoms with van der Waals surface area (Å²) in [6.45, 7) is 0.773. The first-order chi connectivity index (χ1) is 9.15. The minimum absolute atomic E-state index is 0.00698. The summed E-state index contributed by atoms with van der Waals surface area (Å²) in [5.41, 5.74) is -0.198. The molecule has 1 aromatic carbocycles. The van der Waals surface area contributed by atoms with Crippen molar-refractivity contribution in [1.29, 1.82) is 0 Å². The first-order valence-corrected chi connectivity index (χ1v) is 6.14. The van der Waals surface area contributed by atoms with Gasteiger partial charge in [0.05, 0.1) is 10.9 Å². The number of aromatic nitrogens is 2. The van der Waals surface area contributed by atoms with E-state index in [0.717, 1.165) is 0 Å². The third-order valence-electron chi connectivity index (χ3n) is 3.39. The third-order valence-corrected chi connectivity index (χ3v) is 3.39. The van der Waals surface area contributed by atoms with Crippen LogP contribution in [0.15, 0.2) is 33.9 Å². The van der Waals surface area contributed by atoms with Crippen LogP contribution in [0.1, 0.15) is 6.42 Å². The van der Waals surface area contributed by atoms with E-state index in [-0.39, 0.29) is 23.9 Å². The number of benzene rings is 1. The molecule has 6 heteroatoms. The molecule has 19 heavy (non-hydrogen) atoms. The average Bonchev–Trinajstić information content (AvgIpc) is 2.80. The smallest absolute Gasteiger partial charge is 0.328 e. The zero-order chi connectivity index (χ0) is 13.4. The quantitative estimate of drug-likeness (QED) is 0.785. The second-order valence-electron chi connectivity index (χ2n) is 4.77. The maximum absolute atomic E-state index is 12.3. The Morgan fingerprint density at radius 3 is 2.74 bits per heavy atom. The van der Waals surface area contributed by atoms with Gasteiger partial charge in [-0.1, -0.05) is 12.1 Å². The number of hydrogen-bond acceptors (Lipinski definition) is 3. The van der Waals surface area contributed by atoms with Crippen LogP contribution in [0.4, 0.5) is 0 Å². The number of fused-ring (bicyclic) bond motifs is 1. The van der Waals surface area contributed by atoms with Crippen LogP contribution in [0.25, 0.3) is 10.9 Å². The predicted molar refractivity (Wildman–Crippen MR) is 69.9 cm³/mol. The molecule has 1 atom stereocenters. The van der Waals surface area contributed by atoms with Crippen molar-refractivity contribution in [3.8, 4) is 0 Å². The highest BCUT2D eigenvalue weighted by Crippen LogP contribution is 2.10. The molecular formula is C13H13N3O3. The van der Waals surface area contributed by atoms with E-state index >= 15 is 0 Å². The summed E-state index contributed by atoms with van der Waals surface area (Å²) in [6.07, 6.45) is 0.360.